The summed E-state index contributed by atoms with van der Waals surface area (Å²) in [5, 5.41) is 12.2. The third-order valence-corrected chi connectivity index (χ3v) is 7.15. The zero-order valence-corrected chi connectivity index (χ0v) is 20.5. The van der Waals surface area contributed by atoms with Crippen LogP contribution in [-0.4, -0.2) is 68.2 Å². The van der Waals surface area contributed by atoms with Crippen molar-refractivity contribution >= 4 is 39.4 Å². The van der Waals surface area contributed by atoms with Gasteiger partial charge in [-0.05, 0) is 43.2 Å². The van der Waals surface area contributed by atoms with Gasteiger partial charge in [0.05, 0.1) is 30.8 Å². The van der Waals surface area contributed by atoms with Crippen LogP contribution in [0.25, 0.3) is 44.5 Å². The van der Waals surface area contributed by atoms with E-state index in [9.17, 15) is 9.59 Å². The van der Waals surface area contributed by atoms with Crippen LogP contribution < -0.4 is 5.32 Å². The number of aromatic amines is 2. The Bertz CT molecular complexity index is 1700. The minimum atomic E-state index is 0.00134. The molecule has 10 nitrogen and oxygen atoms in total. The van der Waals surface area contributed by atoms with E-state index >= 15 is 0 Å². The lowest BCUT2D eigenvalue weighted by Crippen LogP contribution is -2.40. The molecule has 0 bridgehead atoms. The van der Waals surface area contributed by atoms with Crippen molar-refractivity contribution in [3.8, 4) is 22.5 Å². The number of anilines is 1. The van der Waals surface area contributed by atoms with Gasteiger partial charge in [0, 0.05) is 64.4 Å². The van der Waals surface area contributed by atoms with E-state index in [0.717, 1.165) is 46.0 Å². The van der Waals surface area contributed by atoms with Crippen LogP contribution in [0.1, 0.15) is 23.2 Å². The van der Waals surface area contributed by atoms with Crippen molar-refractivity contribution in [3.05, 3.63) is 60.6 Å². The van der Waals surface area contributed by atoms with Gasteiger partial charge in [-0.25, -0.2) is 4.98 Å². The summed E-state index contributed by atoms with van der Waals surface area (Å²) in [5.41, 5.74) is 6.03. The molecular weight excluding hydrogens is 482 g/mol. The third kappa shape index (κ3) is 4.08. The Morgan fingerprint density at radius 1 is 1.00 bits per heavy atom. The van der Waals surface area contributed by atoms with Gasteiger partial charge in [0.15, 0.2) is 5.65 Å². The highest BCUT2D eigenvalue weighted by molar-refractivity contribution is 6.08. The van der Waals surface area contributed by atoms with E-state index in [0.29, 0.717) is 48.9 Å². The van der Waals surface area contributed by atoms with Crippen molar-refractivity contribution in [2.24, 2.45) is 5.92 Å². The average molecular weight is 508 g/mol. The molecule has 0 spiro atoms. The number of hydrogen-bond acceptors (Lipinski definition) is 6. The highest BCUT2D eigenvalue weighted by Crippen LogP contribution is 2.33. The first-order valence-corrected chi connectivity index (χ1v) is 12.7. The Hall–Kier alpha value is -4.57. The predicted octanol–water partition coefficient (Wildman–Crippen LogP) is 3.99. The van der Waals surface area contributed by atoms with Gasteiger partial charge in [0.1, 0.15) is 5.69 Å². The molecule has 1 saturated heterocycles. The number of hydrogen-bond donors (Lipinski definition) is 3. The summed E-state index contributed by atoms with van der Waals surface area (Å²) >= 11 is 0. The van der Waals surface area contributed by atoms with E-state index in [4.69, 9.17) is 4.74 Å². The van der Waals surface area contributed by atoms with Crippen molar-refractivity contribution in [1.29, 1.82) is 0 Å². The monoisotopic (exact) mass is 507 g/mol. The Morgan fingerprint density at radius 2 is 1.84 bits per heavy atom. The summed E-state index contributed by atoms with van der Waals surface area (Å²) in [5.74, 6) is 0.160. The molecule has 1 aliphatic heterocycles. The number of pyridine rings is 2. The van der Waals surface area contributed by atoms with Crippen LogP contribution in [0.3, 0.4) is 0 Å². The fraction of sp³-hybridized carbons (Fsp3) is 0.250. The molecule has 4 aromatic heterocycles. The van der Waals surface area contributed by atoms with Gasteiger partial charge >= 0.3 is 0 Å². The molecule has 190 valence electrons. The number of morpholine rings is 1. The van der Waals surface area contributed by atoms with E-state index < -0.39 is 0 Å². The SMILES string of the molecule is O=C(Nc1cncc(-c2cnc3[nH]nc(-c4cc5c(C(=O)N6CCOCC6)cccc5[nH]4)c3c2)c1)C1CC1. The molecule has 2 fully saturated rings. The van der Waals surface area contributed by atoms with Crippen molar-refractivity contribution < 1.29 is 14.3 Å². The minimum Gasteiger partial charge on any atom is -0.378 e. The number of carbonyl (C=O) groups is 2. The summed E-state index contributed by atoms with van der Waals surface area (Å²) in [7, 11) is 0. The molecule has 0 radical (unpaired) electrons. The van der Waals surface area contributed by atoms with Gasteiger partial charge in [-0.15, -0.1) is 0 Å². The first-order valence-electron chi connectivity index (χ1n) is 12.7. The number of ether oxygens (including phenoxy) is 1. The number of H-pyrrole nitrogens is 2. The van der Waals surface area contributed by atoms with Gasteiger partial charge in [0.2, 0.25) is 5.91 Å². The number of amides is 2. The van der Waals surface area contributed by atoms with Crippen LogP contribution in [0.15, 0.2) is 55.0 Å². The largest absolute Gasteiger partial charge is 0.378 e. The average Bonchev–Trinajstić information content (AvgIpc) is 3.59. The van der Waals surface area contributed by atoms with E-state index in [1.807, 2.05) is 41.3 Å². The third-order valence-electron chi connectivity index (χ3n) is 7.15. The maximum atomic E-state index is 13.3. The second-order valence-electron chi connectivity index (χ2n) is 9.77. The number of rotatable bonds is 5. The molecule has 3 N–H and O–H groups in total. The Balaban J connectivity index is 1.24. The van der Waals surface area contributed by atoms with Crippen LogP contribution in [0.4, 0.5) is 5.69 Å². The van der Waals surface area contributed by atoms with Crippen molar-refractivity contribution in [3.63, 3.8) is 0 Å². The van der Waals surface area contributed by atoms with Crippen LogP contribution in [0.2, 0.25) is 0 Å². The Morgan fingerprint density at radius 3 is 2.68 bits per heavy atom. The zero-order valence-electron chi connectivity index (χ0n) is 20.5. The number of nitrogens with one attached hydrogen (secondary N) is 3. The van der Waals surface area contributed by atoms with Gasteiger partial charge in [0.25, 0.3) is 5.91 Å². The lowest BCUT2D eigenvalue weighted by atomic mass is 10.1. The molecule has 0 atom stereocenters. The molecule has 10 heteroatoms. The number of carbonyl (C=O) groups excluding carboxylic acids is 2. The van der Waals surface area contributed by atoms with E-state index in [2.05, 4.69) is 30.5 Å². The summed E-state index contributed by atoms with van der Waals surface area (Å²) in [4.78, 5) is 39.6. The van der Waals surface area contributed by atoms with Gasteiger partial charge in [-0.1, -0.05) is 6.07 Å². The lowest BCUT2D eigenvalue weighted by Gasteiger charge is -2.27. The van der Waals surface area contributed by atoms with Crippen molar-refractivity contribution in [1.82, 2.24) is 30.0 Å². The Labute approximate surface area is 217 Å². The maximum absolute atomic E-state index is 13.3. The summed E-state index contributed by atoms with van der Waals surface area (Å²) < 4.78 is 5.40. The summed E-state index contributed by atoms with van der Waals surface area (Å²) in [6, 6.07) is 11.6. The number of fused-ring (bicyclic) bond motifs is 2. The number of aromatic nitrogens is 5. The first kappa shape index (κ1) is 22.6. The van der Waals surface area contributed by atoms with Gasteiger partial charge in [-0.2, -0.15) is 5.10 Å². The predicted molar refractivity (Wildman–Crippen MR) is 142 cm³/mol. The number of nitrogens with zero attached hydrogens (tertiary/aromatic N) is 4. The van der Waals surface area contributed by atoms with Gasteiger partial charge < -0.3 is 19.9 Å². The molecule has 7 rings (SSSR count). The maximum Gasteiger partial charge on any atom is 0.254 e. The van der Waals surface area contributed by atoms with Crippen molar-refractivity contribution in [2.75, 3.05) is 31.6 Å². The van der Waals surface area contributed by atoms with E-state index in [-0.39, 0.29) is 17.7 Å². The van der Waals surface area contributed by atoms with Crippen LogP contribution in [-0.2, 0) is 9.53 Å². The second kappa shape index (κ2) is 9.07. The highest BCUT2D eigenvalue weighted by atomic mass is 16.5. The molecule has 5 aromatic rings. The normalized spacial score (nSPS) is 15.7. The van der Waals surface area contributed by atoms with Crippen LogP contribution >= 0.6 is 0 Å². The standard InChI is InChI=1S/C28H25N7O3/c36-27(16-4-5-16)31-19-10-17(13-29-15-19)18-11-22-25(33-34-26(22)30-14-18)24-12-21-20(2-1-3-23(21)32-24)28(37)35-6-8-38-9-7-35/h1-3,10-16,32H,4-9H2,(H,31,36)(H,30,33,34). The van der Waals surface area contributed by atoms with E-state index in [1.165, 1.54) is 0 Å². The van der Waals surface area contributed by atoms with Crippen LogP contribution in [0, 0.1) is 5.92 Å². The molecule has 0 unspecified atom stereocenters. The zero-order chi connectivity index (χ0) is 25.6. The van der Waals surface area contributed by atoms with E-state index in [1.54, 1.807) is 18.6 Å². The summed E-state index contributed by atoms with van der Waals surface area (Å²) in [6.45, 7) is 2.29. The fourth-order valence-electron chi connectivity index (χ4n) is 4.93. The topological polar surface area (TPSA) is 129 Å². The van der Waals surface area contributed by atoms with Crippen LogP contribution in [0.5, 0.6) is 0 Å². The van der Waals surface area contributed by atoms with Gasteiger partial charge in [-0.3, -0.25) is 19.7 Å². The fourth-order valence-corrected chi connectivity index (χ4v) is 4.93. The lowest BCUT2D eigenvalue weighted by molar-refractivity contribution is -0.117. The molecular formula is C28H25N7O3. The molecule has 5 heterocycles. The molecule has 1 saturated carbocycles. The first-order chi connectivity index (χ1) is 18.6. The second-order valence-corrected chi connectivity index (χ2v) is 9.77. The minimum absolute atomic E-state index is 0.00134. The van der Waals surface area contributed by atoms with Crippen molar-refractivity contribution in [2.45, 2.75) is 12.8 Å². The molecule has 1 aromatic carbocycles. The smallest absolute Gasteiger partial charge is 0.254 e. The summed E-state index contributed by atoms with van der Waals surface area (Å²) in [6.07, 6.45) is 7.05. The molecule has 1 aliphatic carbocycles. The molecule has 38 heavy (non-hydrogen) atoms. The Kier molecular flexibility index (Phi) is 5.40. The quantitative estimate of drug-likeness (QED) is 0.330. The highest BCUT2D eigenvalue weighted by Gasteiger charge is 2.29. The number of benzene rings is 1. The molecule has 2 amide bonds. The molecule has 2 aliphatic rings.